The van der Waals surface area contributed by atoms with E-state index in [1.165, 1.54) is 36.4 Å². The Balaban J connectivity index is 0.00000127. The van der Waals surface area contributed by atoms with Crippen molar-refractivity contribution in [2.24, 2.45) is 0 Å². The lowest BCUT2D eigenvalue weighted by Gasteiger charge is -2.24. The molecule has 4 rings (SSSR count). The summed E-state index contributed by atoms with van der Waals surface area (Å²) in [5.74, 6) is -1.83. The number of benzene rings is 2. The number of hydrogen-bond acceptors (Lipinski definition) is 4. The summed E-state index contributed by atoms with van der Waals surface area (Å²) in [4.78, 5) is 32.3. The summed E-state index contributed by atoms with van der Waals surface area (Å²) in [6.07, 6.45) is 3.73. The first kappa shape index (κ1) is 29.0. The largest absolute Gasteiger partial charge is 0.335 e. The van der Waals surface area contributed by atoms with Crippen LogP contribution in [0, 0.1) is 11.6 Å². The molecule has 0 unspecified atom stereocenters. The summed E-state index contributed by atoms with van der Waals surface area (Å²) in [6, 6.07) is 18.2. The normalized spacial score (nSPS) is 10.7. The van der Waals surface area contributed by atoms with Crippen LogP contribution in [0.1, 0.15) is 44.9 Å². The minimum absolute atomic E-state index is 0.00158. The monoisotopic (exact) mass is 537 g/mol. The average Bonchev–Trinajstić information content (AvgIpc) is 2.92. The van der Waals surface area contributed by atoms with Gasteiger partial charge in [0.2, 0.25) is 5.91 Å². The van der Waals surface area contributed by atoms with E-state index in [4.69, 9.17) is 0 Å². The third-order valence-electron chi connectivity index (χ3n) is 5.61. The molecular formula is C30H33F2N3O2S. The quantitative estimate of drug-likeness (QED) is 0.220. The molecule has 0 aliphatic heterocycles. The molecule has 38 heavy (non-hydrogen) atoms. The van der Waals surface area contributed by atoms with Gasteiger partial charge in [0.1, 0.15) is 6.54 Å². The Labute approximate surface area is 226 Å². The Hall–Kier alpha value is -3.52. The SMILES string of the molecule is CCC.CCCN(Cc1ccccn1)C(=O)Cn1c(SCc2cccc(F)c2F)cc(=O)c2ccccc21. The fourth-order valence-electron chi connectivity index (χ4n) is 3.88. The molecule has 200 valence electrons. The maximum atomic E-state index is 14.2. The number of hydrogen-bond donors (Lipinski definition) is 0. The van der Waals surface area contributed by atoms with Crippen LogP contribution in [0.15, 0.2) is 82.7 Å². The lowest BCUT2D eigenvalue weighted by atomic mass is 10.2. The highest BCUT2D eigenvalue weighted by atomic mass is 32.2. The zero-order valence-electron chi connectivity index (χ0n) is 22.0. The number of thioether (sulfide) groups is 1. The van der Waals surface area contributed by atoms with E-state index >= 15 is 0 Å². The van der Waals surface area contributed by atoms with Gasteiger partial charge in [-0.3, -0.25) is 14.6 Å². The molecule has 0 aliphatic carbocycles. The van der Waals surface area contributed by atoms with Crippen molar-refractivity contribution in [1.82, 2.24) is 14.5 Å². The van der Waals surface area contributed by atoms with Gasteiger partial charge in [-0.05, 0) is 36.8 Å². The first-order chi connectivity index (χ1) is 18.4. The second-order valence-corrected chi connectivity index (χ2v) is 9.79. The molecule has 2 heterocycles. The van der Waals surface area contributed by atoms with E-state index in [2.05, 4.69) is 18.8 Å². The van der Waals surface area contributed by atoms with E-state index in [1.54, 1.807) is 39.9 Å². The van der Waals surface area contributed by atoms with Gasteiger partial charge in [0, 0.05) is 35.5 Å². The average molecular weight is 538 g/mol. The van der Waals surface area contributed by atoms with E-state index < -0.39 is 11.6 Å². The molecule has 0 saturated carbocycles. The molecule has 2 aromatic carbocycles. The number of carbonyl (C=O) groups is 1. The van der Waals surface area contributed by atoms with Gasteiger partial charge in [-0.2, -0.15) is 0 Å². The van der Waals surface area contributed by atoms with Crippen LogP contribution in [-0.4, -0.2) is 26.9 Å². The van der Waals surface area contributed by atoms with E-state index in [0.717, 1.165) is 18.2 Å². The highest BCUT2D eigenvalue weighted by Crippen LogP contribution is 2.27. The summed E-state index contributed by atoms with van der Waals surface area (Å²) in [6.45, 7) is 7.19. The number of halogens is 2. The zero-order chi connectivity index (χ0) is 27.5. The van der Waals surface area contributed by atoms with Gasteiger partial charge < -0.3 is 9.47 Å². The van der Waals surface area contributed by atoms with Crippen molar-refractivity contribution in [2.75, 3.05) is 6.54 Å². The molecule has 8 heteroatoms. The molecule has 0 spiro atoms. The van der Waals surface area contributed by atoms with Gasteiger partial charge in [-0.15, -0.1) is 11.8 Å². The lowest BCUT2D eigenvalue weighted by Crippen LogP contribution is -2.35. The minimum Gasteiger partial charge on any atom is -0.335 e. The highest BCUT2D eigenvalue weighted by molar-refractivity contribution is 7.98. The number of aromatic nitrogens is 2. The van der Waals surface area contributed by atoms with Crippen molar-refractivity contribution in [1.29, 1.82) is 0 Å². The van der Waals surface area contributed by atoms with E-state index in [0.29, 0.717) is 29.0 Å². The third-order valence-corrected chi connectivity index (χ3v) is 6.70. The van der Waals surface area contributed by atoms with E-state index in [1.807, 2.05) is 25.1 Å². The number of amides is 1. The molecule has 0 atom stereocenters. The van der Waals surface area contributed by atoms with Crippen molar-refractivity contribution in [2.45, 2.75) is 57.5 Å². The second kappa shape index (κ2) is 14.4. The van der Waals surface area contributed by atoms with Crippen molar-refractivity contribution < 1.29 is 13.6 Å². The van der Waals surface area contributed by atoms with Crippen LogP contribution in [0.25, 0.3) is 10.9 Å². The molecule has 5 nitrogen and oxygen atoms in total. The van der Waals surface area contributed by atoms with Crippen LogP contribution in [0.4, 0.5) is 8.78 Å². The molecule has 0 fully saturated rings. The molecule has 0 aliphatic rings. The summed E-state index contributed by atoms with van der Waals surface area (Å²) in [7, 11) is 0. The van der Waals surface area contributed by atoms with Crippen LogP contribution in [0.5, 0.6) is 0 Å². The van der Waals surface area contributed by atoms with Gasteiger partial charge in [0.25, 0.3) is 0 Å². The fourth-order valence-corrected chi connectivity index (χ4v) is 4.92. The topological polar surface area (TPSA) is 55.2 Å². The molecule has 0 bridgehead atoms. The molecule has 1 amide bonds. The third kappa shape index (κ3) is 7.51. The second-order valence-electron chi connectivity index (χ2n) is 8.80. The first-order valence-corrected chi connectivity index (χ1v) is 13.7. The number of carbonyl (C=O) groups excluding carboxylic acids is 1. The predicted molar refractivity (Wildman–Crippen MR) is 150 cm³/mol. The summed E-state index contributed by atoms with van der Waals surface area (Å²) in [5.41, 5.74) is 1.40. The molecule has 0 saturated heterocycles. The van der Waals surface area contributed by atoms with Gasteiger partial charge >= 0.3 is 0 Å². The molecule has 4 aromatic rings. The Morgan fingerprint density at radius 1 is 1.00 bits per heavy atom. The Bertz CT molecular complexity index is 1410. The van der Waals surface area contributed by atoms with Gasteiger partial charge in [0.15, 0.2) is 17.1 Å². The van der Waals surface area contributed by atoms with Crippen LogP contribution >= 0.6 is 11.8 Å². The molecule has 0 N–H and O–H groups in total. The molecular weight excluding hydrogens is 504 g/mol. The van der Waals surface area contributed by atoms with Crippen molar-refractivity contribution in [3.05, 3.63) is 106 Å². The standard InChI is InChI=1S/C27H25F2N3O2S.C3H8/c1-2-14-31(16-20-9-5-6-13-30-20)25(34)17-32-23-12-4-3-10-21(23)24(33)15-26(32)35-18-19-8-7-11-22(28)27(19)29;1-3-2/h3-13,15H,2,14,16-18H2,1H3;3H2,1-2H3. The van der Waals surface area contributed by atoms with Gasteiger partial charge in [-0.25, -0.2) is 8.78 Å². The number of para-hydroxylation sites is 1. The minimum atomic E-state index is -0.918. The Morgan fingerprint density at radius 2 is 1.74 bits per heavy atom. The summed E-state index contributed by atoms with van der Waals surface area (Å²) >= 11 is 1.20. The Morgan fingerprint density at radius 3 is 2.45 bits per heavy atom. The fraction of sp³-hybridized carbons (Fsp3) is 0.300. The van der Waals surface area contributed by atoms with E-state index in [-0.39, 0.29) is 29.2 Å². The van der Waals surface area contributed by atoms with Gasteiger partial charge in [-0.1, -0.05) is 57.5 Å². The number of nitrogens with zero attached hydrogens (tertiary/aromatic N) is 3. The van der Waals surface area contributed by atoms with Crippen LogP contribution in [-0.2, 0) is 23.6 Å². The smallest absolute Gasteiger partial charge is 0.242 e. The maximum Gasteiger partial charge on any atom is 0.242 e. The van der Waals surface area contributed by atoms with Crippen molar-refractivity contribution in [3.63, 3.8) is 0 Å². The predicted octanol–water partition coefficient (Wildman–Crippen LogP) is 6.82. The van der Waals surface area contributed by atoms with Crippen molar-refractivity contribution in [3.8, 4) is 0 Å². The Kier molecular flexibility index (Phi) is 11.0. The van der Waals surface area contributed by atoms with E-state index in [9.17, 15) is 18.4 Å². The summed E-state index contributed by atoms with van der Waals surface area (Å²) in [5, 5.41) is 1.01. The number of rotatable bonds is 9. The maximum absolute atomic E-state index is 14.2. The number of pyridine rings is 2. The highest BCUT2D eigenvalue weighted by Gasteiger charge is 2.19. The van der Waals surface area contributed by atoms with Crippen LogP contribution < -0.4 is 5.43 Å². The molecule has 0 radical (unpaired) electrons. The van der Waals surface area contributed by atoms with Gasteiger partial charge in [0.05, 0.1) is 22.8 Å². The van der Waals surface area contributed by atoms with Crippen molar-refractivity contribution >= 4 is 28.6 Å². The lowest BCUT2D eigenvalue weighted by molar-refractivity contribution is -0.132. The zero-order valence-corrected chi connectivity index (χ0v) is 22.8. The van der Waals surface area contributed by atoms with Crippen LogP contribution in [0.3, 0.4) is 0 Å². The van der Waals surface area contributed by atoms with Crippen LogP contribution in [0.2, 0.25) is 0 Å². The first-order valence-electron chi connectivity index (χ1n) is 12.7. The molecule has 2 aromatic heterocycles. The summed E-state index contributed by atoms with van der Waals surface area (Å²) < 4.78 is 29.7. The number of fused-ring (bicyclic) bond motifs is 1.